The van der Waals surface area contributed by atoms with Gasteiger partial charge in [-0.15, -0.1) is 0 Å². The summed E-state index contributed by atoms with van der Waals surface area (Å²) in [5.41, 5.74) is 1.43. The fourth-order valence-electron chi connectivity index (χ4n) is 4.70. The number of para-hydroxylation sites is 1. The number of carbonyl (C=O) groups excluding carboxylic acids is 1. The number of rotatable bonds is 8. The number of halogens is 1. The summed E-state index contributed by atoms with van der Waals surface area (Å²) in [5.74, 6) is -0.407. The molecule has 5 rings (SSSR count). The van der Waals surface area contributed by atoms with Crippen LogP contribution in [0.2, 0.25) is 5.02 Å². The van der Waals surface area contributed by atoms with E-state index in [1.165, 1.54) is 22.8 Å². The molecule has 0 saturated heterocycles. The lowest BCUT2D eigenvalue weighted by atomic mass is 9.95. The highest BCUT2D eigenvalue weighted by atomic mass is 35.5. The van der Waals surface area contributed by atoms with E-state index in [0.29, 0.717) is 48.5 Å². The van der Waals surface area contributed by atoms with E-state index in [9.17, 15) is 19.5 Å². The summed E-state index contributed by atoms with van der Waals surface area (Å²) < 4.78 is 19.2. The lowest BCUT2D eigenvalue weighted by Gasteiger charge is -2.26. The summed E-state index contributed by atoms with van der Waals surface area (Å²) in [6, 6.07) is 14.1. The van der Waals surface area contributed by atoms with E-state index in [4.69, 9.17) is 25.5 Å². The number of nitrogens with zero attached hydrogens (tertiary/aromatic N) is 2. The van der Waals surface area contributed by atoms with E-state index in [0.717, 1.165) is 11.3 Å². The predicted molar refractivity (Wildman–Crippen MR) is 159 cm³/mol. The van der Waals surface area contributed by atoms with E-state index in [-0.39, 0.29) is 29.4 Å². The number of benzene rings is 2. The highest BCUT2D eigenvalue weighted by Gasteiger charge is 2.35. The predicted octanol–water partition coefficient (Wildman–Crippen LogP) is 5.20. The Bertz CT molecular complexity index is 1920. The average Bonchev–Trinajstić information content (AvgIpc) is 3.52. The Morgan fingerprint density at radius 1 is 1.19 bits per heavy atom. The van der Waals surface area contributed by atoms with Crippen LogP contribution in [0.1, 0.15) is 55.4 Å². The van der Waals surface area contributed by atoms with Gasteiger partial charge in [0.1, 0.15) is 23.3 Å². The summed E-state index contributed by atoms with van der Waals surface area (Å²) in [7, 11) is 0. The lowest BCUT2D eigenvalue weighted by Crippen LogP contribution is -2.40. The number of fused-ring (bicyclic) bond motifs is 1. The first kappa shape index (κ1) is 29.1. The molecule has 0 radical (unpaired) electrons. The fraction of sp³-hybridized carbons (Fsp3) is 0.226. The number of hydrogen-bond acceptors (Lipinski definition) is 8. The average molecular weight is 607 g/mol. The topological polar surface area (TPSA) is 120 Å². The van der Waals surface area contributed by atoms with Crippen molar-refractivity contribution in [2.75, 3.05) is 6.61 Å². The Morgan fingerprint density at radius 2 is 1.95 bits per heavy atom. The van der Waals surface area contributed by atoms with Crippen LogP contribution in [0.25, 0.3) is 17.4 Å². The number of thiazole rings is 1. The maximum atomic E-state index is 14.0. The van der Waals surface area contributed by atoms with Crippen molar-refractivity contribution in [1.82, 2.24) is 4.57 Å². The lowest BCUT2D eigenvalue weighted by molar-refractivity contribution is -0.139. The molecule has 1 aliphatic heterocycles. The van der Waals surface area contributed by atoms with Gasteiger partial charge in [0.25, 0.3) is 5.56 Å². The molecule has 0 saturated carbocycles. The summed E-state index contributed by atoms with van der Waals surface area (Å²) in [5, 5.41) is 9.68. The van der Waals surface area contributed by atoms with E-state index < -0.39 is 18.0 Å². The molecule has 2 aromatic heterocycles. The SMILES string of the molecule is CCOC(=O)C1=C(C)N=c2s/c(=C/c3ccc(-c4cc(C(=O)O)ccc4Cl)o3)c(=O)n2[C@@H]1c1ccccc1OC(C)C. The zero-order valence-electron chi connectivity index (χ0n) is 23.2. The number of carbonyl (C=O) groups is 2. The van der Waals surface area contributed by atoms with Crippen LogP contribution in [0.15, 0.2) is 80.1 Å². The Balaban J connectivity index is 1.65. The molecule has 1 atom stereocenters. The van der Waals surface area contributed by atoms with Gasteiger partial charge in [-0.25, -0.2) is 14.6 Å². The standard InChI is InChI=1S/C31H27ClN2O7S/c1-5-39-30(38)26-17(4)33-31-34(27(26)20-8-6-7-9-23(20)40-16(2)3)28(35)25(42-31)15-19-11-13-24(41-19)21-14-18(29(36)37)10-12-22(21)32/h6-16,27H,5H2,1-4H3,(H,36,37)/b25-15+/t27-/m1/s1. The highest BCUT2D eigenvalue weighted by molar-refractivity contribution is 7.07. The van der Waals surface area contributed by atoms with Crippen LogP contribution in [0, 0.1) is 0 Å². The zero-order valence-corrected chi connectivity index (χ0v) is 24.8. The number of furan rings is 1. The van der Waals surface area contributed by atoms with Crippen LogP contribution < -0.4 is 19.6 Å². The maximum Gasteiger partial charge on any atom is 0.338 e. The minimum atomic E-state index is -1.09. The van der Waals surface area contributed by atoms with Gasteiger partial charge in [0.2, 0.25) is 0 Å². The second kappa shape index (κ2) is 11.8. The molecule has 0 unspecified atom stereocenters. The van der Waals surface area contributed by atoms with Crippen molar-refractivity contribution in [2.24, 2.45) is 4.99 Å². The number of aromatic nitrogens is 1. The van der Waals surface area contributed by atoms with Gasteiger partial charge < -0.3 is 19.0 Å². The minimum Gasteiger partial charge on any atom is -0.491 e. The second-order valence-electron chi connectivity index (χ2n) is 9.71. The van der Waals surface area contributed by atoms with Crippen molar-refractivity contribution >= 4 is 41.0 Å². The van der Waals surface area contributed by atoms with Crippen molar-refractivity contribution in [2.45, 2.75) is 39.8 Å². The smallest absolute Gasteiger partial charge is 0.338 e. The number of carboxylic acid groups (broad SMARTS) is 1. The first-order chi connectivity index (χ1) is 20.1. The van der Waals surface area contributed by atoms with Crippen LogP contribution in [0.5, 0.6) is 5.75 Å². The zero-order chi connectivity index (χ0) is 30.1. The van der Waals surface area contributed by atoms with Gasteiger partial charge >= 0.3 is 11.9 Å². The van der Waals surface area contributed by atoms with Crippen LogP contribution in [-0.4, -0.2) is 34.3 Å². The minimum absolute atomic E-state index is 0.0650. The molecule has 2 aromatic carbocycles. The molecule has 1 aliphatic rings. The molecule has 11 heteroatoms. The van der Waals surface area contributed by atoms with E-state index >= 15 is 0 Å². The van der Waals surface area contributed by atoms with Crippen molar-refractivity contribution < 1.29 is 28.6 Å². The molecule has 0 aliphatic carbocycles. The van der Waals surface area contributed by atoms with Crippen LogP contribution in [0.3, 0.4) is 0 Å². The monoisotopic (exact) mass is 606 g/mol. The Hall–Kier alpha value is -4.41. The number of aromatic carboxylic acids is 1. The summed E-state index contributed by atoms with van der Waals surface area (Å²) in [4.78, 5) is 43.6. The third-order valence-electron chi connectivity index (χ3n) is 6.47. The molecule has 0 amide bonds. The van der Waals surface area contributed by atoms with E-state index in [1.807, 2.05) is 32.0 Å². The van der Waals surface area contributed by atoms with Crippen molar-refractivity contribution in [3.63, 3.8) is 0 Å². The van der Waals surface area contributed by atoms with Crippen LogP contribution in [-0.2, 0) is 9.53 Å². The van der Waals surface area contributed by atoms with E-state index in [1.54, 1.807) is 38.1 Å². The largest absolute Gasteiger partial charge is 0.491 e. The number of carboxylic acids is 1. The van der Waals surface area contributed by atoms with Crippen molar-refractivity contribution in [3.8, 4) is 17.1 Å². The van der Waals surface area contributed by atoms with Crippen LogP contribution >= 0.6 is 22.9 Å². The van der Waals surface area contributed by atoms with Gasteiger partial charge in [-0.1, -0.05) is 41.1 Å². The molecule has 1 N–H and O–H groups in total. The third-order valence-corrected chi connectivity index (χ3v) is 7.78. The first-order valence-corrected chi connectivity index (χ1v) is 14.4. The number of allylic oxidation sites excluding steroid dienone is 1. The molecule has 3 heterocycles. The molecule has 0 spiro atoms. The molecule has 216 valence electrons. The Kier molecular flexibility index (Phi) is 8.20. The normalized spacial score (nSPS) is 15.0. The Morgan fingerprint density at radius 3 is 2.67 bits per heavy atom. The van der Waals surface area contributed by atoms with Gasteiger partial charge in [-0.3, -0.25) is 9.36 Å². The first-order valence-electron chi connectivity index (χ1n) is 13.2. The molecule has 4 aromatic rings. The van der Waals surface area contributed by atoms with Crippen molar-refractivity contribution in [3.05, 3.63) is 107 Å². The Labute approximate surface area is 249 Å². The van der Waals surface area contributed by atoms with Crippen molar-refractivity contribution in [1.29, 1.82) is 0 Å². The quantitative estimate of drug-likeness (QED) is 0.274. The van der Waals surface area contributed by atoms with Gasteiger partial charge in [0, 0.05) is 17.2 Å². The third kappa shape index (κ3) is 5.55. The number of esters is 1. The number of ether oxygens (including phenoxy) is 2. The van der Waals surface area contributed by atoms with Crippen LogP contribution in [0.4, 0.5) is 0 Å². The maximum absolute atomic E-state index is 14.0. The van der Waals surface area contributed by atoms with E-state index in [2.05, 4.69) is 4.99 Å². The molecular weight excluding hydrogens is 580 g/mol. The number of hydrogen-bond donors (Lipinski definition) is 1. The fourth-order valence-corrected chi connectivity index (χ4v) is 5.94. The second-order valence-corrected chi connectivity index (χ2v) is 11.1. The molecule has 0 bridgehead atoms. The molecule has 0 fully saturated rings. The van der Waals surface area contributed by atoms with Gasteiger partial charge in [-0.05, 0) is 64.1 Å². The van der Waals surface area contributed by atoms with Gasteiger partial charge in [0.15, 0.2) is 4.80 Å². The van der Waals surface area contributed by atoms with Gasteiger partial charge in [0.05, 0.1) is 39.1 Å². The summed E-state index contributed by atoms with van der Waals surface area (Å²) >= 11 is 7.47. The molecule has 9 nitrogen and oxygen atoms in total. The summed E-state index contributed by atoms with van der Waals surface area (Å²) in [6.45, 7) is 7.40. The summed E-state index contributed by atoms with van der Waals surface area (Å²) in [6.07, 6.45) is 1.44. The highest BCUT2D eigenvalue weighted by Crippen LogP contribution is 2.36. The molecule has 42 heavy (non-hydrogen) atoms. The molecular formula is C31H27ClN2O7S. The van der Waals surface area contributed by atoms with Gasteiger partial charge in [-0.2, -0.15) is 0 Å².